The molecule has 0 spiro atoms. The van der Waals surface area contributed by atoms with E-state index >= 15 is 0 Å². The minimum absolute atomic E-state index is 0.870. The number of nitrogens with zero attached hydrogens (tertiary/aromatic N) is 6. The molecule has 0 N–H and O–H groups in total. The molecule has 0 atom stereocenters. The second-order valence-corrected chi connectivity index (χ2v) is 31.1. The first-order chi connectivity index (χ1) is 59.6. The fraction of sp³-hybridized carbons (Fsp3) is 0. The first-order valence-corrected chi connectivity index (χ1v) is 40.9. The number of para-hydroxylation sites is 1. The monoisotopic (exact) mass is 1520 g/mol. The Morgan fingerprint density at radius 1 is 0.158 bits per heavy atom. The maximum absolute atomic E-state index is 4.99. The number of anilines is 6. The van der Waals surface area contributed by atoms with E-state index in [0.717, 1.165) is 101 Å². The molecule has 6 nitrogen and oxygen atoms in total. The largest absolute Gasteiger partial charge is 0.310 e. The van der Waals surface area contributed by atoms with E-state index in [1.165, 1.54) is 132 Å². The number of fused-ring (bicyclic) bond motifs is 8. The van der Waals surface area contributed by atoms with Crippen molar-refractivity contribution in [3.05, 3.63) is 438 Å². The normalized spacial score (nSPS) is 11.7. The van der Waals surface area contributed by atoms with Crippen molar-refractivity contribution in [3.8, 4) is 156 Å². The van der Waals surface area contributed by atoms with Crippen molar-refractivity contribution < 1.29 is 0 Å². The van der Waals surface area contributed by atoms with E-state index in [2.05, 4.69) is 407 Å². The van der Waals surface area contributed by atoms with E-state index in [1.54, 1.807) is 6.20 Å². The van der Waals surface area contributed by atoms with Crippen LogP contribution in [0.25, 0.3) is 199 Å². The quantitative estimate of drug-likeness (QED) is 0.0961. The predicted molar refractivity (Wildman–Crippen MR) is 500 cm³/mol. The second-order valence-electron chi connectivity index (χ2n) is 31.1. The molecule has 4 heterocycles. The zero-order valence-corrected chi connectivity index (χ0v) is 65.3. The molecule has 0 saturated heterocycles. The van der Waals surface area contributed by atoms with Crippen molar-refractivity contribution >= 4 is 77.2 Å². The van der Waals surface area contributed by atoms with E-state index in [9.17, 15) is 0 Å². The molecule has 120 heavy (non-hydrogen) atoms. The van der Waals surface area contributed by atoms with Gasteiger partial charge in [0.05, 0.1) is 17.6 Å². The van der Waals surface area contributed by atoms with Crippen LogP contribution in [0.1, 0.15) is 0 Å². The third-order valence-electron chi connectivity index (χ3n) is 24.4. The van der Waals surface area contributed by atoms with Crippen LogP contribution in [0.3, 0.4) is 0 Å². The van der Waals surface area contributed by atoms with Crippen LogP contribution in [0.15, 0.2) is 438 Å². The van der Waals surface area contributed by atoms with Crippen LogP contribution in [0.2, 0.25) is 0 Å². The van der Waals surface area contributed by atoms with Gasteiger partial charge in [0.1, 0.15) is 0 Å². The molecule has 4 aromatic heterocycles. The van der Waals surface area contributed by atoms with Gasteiger partial charge < -0.3 is 9.80 Å². The summed E-state index contributed by atoms with van der Waals surface area (Å²) in [5.74, 6) is 0. The molecule has 6 heteroatoms. The maximum atomic E-state index is 4.99. The molecular formula is C114H72N6. The van der Waals surface area contributed by atoms with Crippen LogP contribution in [0.4, 0.5) is 34.1 Å². The predicted octanol–water partition coefficient (Wildman–Crippen LogP) is 30.8. The fourth-order valence-electron chi connectivity index (χ4n) is 19.2. The summed E-state index contributed by atoms with van der Waals surface area (Å²) < 4.78 is 0. The molecule has 0 amide bonds. The number of pyridine rings is 4. The Kier molecular flexibility index (Phi) is 16.8. The molecule has 23 rings (SSSR count). The van der Waals surface area contributed by atoms with E-state index in [-0.39, 0.29) is 0 Å². The molecule has 0 fully saturated rings. The fourth-order valence-corrected chi connectivity index (χ4v) is 19.2. The zero-order chi connectivity index (χ0) is 79.1. The number of aromatic nitrogens is 4. The third-order valence-corrected chi connectivity index (χ3v) is 24.4. The van der Waals surface area contributed by atoms with Crippen molar-refractivity contribution in [1.82, 2.24) is 19.9 Å². The van der Waals surface area contributed by atoms with Crippen LogP contribution in [0, 0.1) is 0 Å². The summed E-state index contributed by atoms with van der Waals surface area (Å²) in [4.78, 5) is 23.1. The molecule has 558 valence electrons. The van der Waals surface area contributed by atoms with Crippen LogP contribution in [-0.4, -0.2) is 19.9 Å². The summed E-state index contributed by atoms with van der Waals surface area (Å²) in [6.07, 6.45) is 13.1. The number of hydrogen-bond donors (Lipinski definition) is 0. The number of hydrogen-bond acceptors (Lipinski definition) is 6. The Balaban J connectivity index is 0.673. The summed E-state index contributed by atoms with van der Waals surface area (Å²) >= 11 is 0. The first-order valence-electron chi connectivity index (χ1n) is 40.9. The molecule has 0 unspecified atom stereocenters. The minimum atomic E-state index is 0.870. The van der Waals surface area contributed by atoms with E-state index in [0.29, 0.717) is 0 Å². The highest BCUT2D eigenvalue weighted by Crippen LogP contribution is 2.62. The molecule has 17 aromatic carbocycles. The highest BCUT2D eigenvalue weighted by Gasteiger charge is 2.35. The van der Waals surface area contributed by atoms with Crippen LogP contribution < -0.4 is 9.80 Å². The van der Waals surface area contributed by atoms with E-state index in [4.69, 9.17) is 4.98 Å². The highest BCUT2D eigenvalue weighted by molar-refractivity contribution is 6.31. The Bertz CT molecular complexity index is 7430. The van der Waals surface area contributed by atoms with Gasteiger partial charge in [-0.1, -0.05) is 273 Å². The standard InChI is InChI=1S/C114H72N6/c1-6-23-76(24-7-1)105-96-38-16-17-39-97(96)106(77-25-8-2-9-26-77)113-101-53-51-93(94-40-20-42-99(109(94)101)111(105)113)82-32-19-37-89(67-82)120(91-68-84(74-56-61-115-62-57-74)65-85(69-91)75-58-63-116-64-59-75)87-47-44-73(45-48-87)80-46-50-98-103(70-80)108(79-29-12-4-13-30-79)114-102-54-52-92(95-41-21-43-100(110(95)102)112(114)107(98)78-27-10-3-11-28-78)81-31-18-36-88(66-81)119(86-34-14-5-15-35-86)90-49-55-104(118-72-90)83-33-22-60-117-71-83/h1-72H. The molecule has 2 aliphatic carbocycles. The molecule has 0 aliphatic heterocycles. The Hall–Kier alpha value is -16.0. The van der Waals surface area contributed by atoms with Crippen molar-refractivity contribution in [1.29, 1.82) is 0 Å². The lowest BCUT2D eigenvalue weighted by molar-refractivity contribution is 1.22. The molecule has 2 aliphatic rings. The van der Waals surface area contributed by atoms with Crippen molar-refractivity contribution in [2.45, 2.75) is 0 Å². The number of benzene rings is 17. The lowest BCUT2D eigenvalue weighted by Gasteiger charge is -2.28. The minimum Gasteiger partial charge on any atom is -0.310 e. The van der Waals surface area contributed by atoms with Crippen molar-refractivity contribution in [2.24, 2.45) is 0 Å². The van der Waals surface area contributed by atoms with Gasteiger partial charge in [-0.05, 0) is 309 Å². The topological polar surface area (TPSA) is 58.0 Å². The molecule has 0 radical (unpaired) electrons. The first kappa shape index (κ1) is 69.5. The van der Waals surface area contributed by atoms with Crippen LogP contribution in [0.5, 0.6) is 0 Å². The SMILES string of the molecule is c1ccc(-c2c3c(c(-c4ccccc4)c4ccccc24)-c2ccc(-c4cccc(N(c5ccc(-c6ccc7c(-c8ccccc8)c8c(c(-c9ccccc9)c7c6)-c6ccc(-c7cccc(N(c9ccccc9)c9ccc(-c%10cccnc%10)nc9)c7)c7cccc-8c67)cc5)c5cc(-c6ccncc6)cc(-c6ccncc6)c5)c4)c4cccc-3c24)cc1. The van der Waals surface area contributed by atoms with E-state index < -0.39 is 0 Å². The van der Waals surface area contributed by atoms with Crippen molar-refractivity contribution in [3.63, 3.8) is 0 Å². The van der Waals surface area contributed by atoms with Gasteiger partial charge in [-0.3, -0.25) is 19.9 Å². The smallest absolute Gasteiger partial charge is 0.0719 e. The zero-order valence-electron chi connectivity index (χ0n) is 65.3. The summed E-state index contributed by atoms with van der Waals surface area (Å²) in [5, 5.41) is 9.79. The van der Waals surface area contributed by atoms with Gasteiger partial charge in [0.15, 0.2) is 0 Å². The Morgan fingerprint density at radius 2 is 0.525 bits per heavy atom. The third kappa shape index (κ3) is 11.7. The molecule has 0 saturated carbocycles. The van der Waals surface area contributed by atoms with Gasteiger partial charge in [-0.2, -0.15) is 0 Å². The summed E-state index contributed by atoms with van der Waals surface area (Å²) in [6.45, 7) is 0. The lowest BCUT2D eigenvalue weighted by atomic mass is 9.82. The van der Waals surface area contributed by atoms with Gasteiger partial charge >= 0.3 is 0 Å². The number of rotatable bonds is 16. The summed E-state index contributed by atoms with van der Waals surface area (Å²) in [6, 6.07) is 145. The van der Waals surface area contributed by atoms with Gasteiger partial charge in [-0.15, -0.1) is 0 Å². The second kappa shape index (κ2) is 29.1. The molecule has 21 aromatic rings. The van der Waals surface area contributed by atoms with Gasteiger partial charge in [0.25, 0.3) is 0 Å². The van der Waals surface area contributed by atoms with Gasteiger partial charge in [0, 0.05) is 71.2 Å². The lowest BCUT2D eigenvalue weighted by Crippen LogP contribution is -2.10. The highest BCUT2D eigenvalue weighted by atomic mass is 15.2. The van der Waals surface area contributed by atoms with Crippen LogP contribution >= 0.6 is 0 Å². The van der Waals surface area contributed by atoms with Crippen LogP contribution in [-0.2, 0) is 0 Å². The average Bonchev–Trinajstić information content (AvgIpc) is 1.54. The van der Waals surface area contributed by atoms with Gasteiger partial charge in [-0.25, -0.2) is 0 Å². The summed E-state index contributed by atoms with van der Waals surface area (Å²) in [5.41, 5.74) is 38.7. The average molecular weight is 1530 g/mol. The molecular weight excluding hydrogens is 1450 g/mol. The maximum Gasteiger partial charge on any atom is 0.0719 e. The molecule has 0 bridgehead atoms. The Morgan fingerprint density at radius 3 is 1.00 bits per heavy atom. The van der Waals surface area contributed by atoms with Gasteiger partial charge in [0.2, 0.25) is 0 Å². The Labute approximate surface area is 695 Å². The van der Waals surface area contributed by atoms with Crippen molar-refractivity contribution in [2.75, 3.05) is 9.80 Å². The van der Waals surface area contributed by atoms with E-state index in [1.807, 2.05) is 49.3 Å². The summed E-state index contributed by atoms with van der Waals surface area (Å²) in [7, 11) is 0.